The Morgan fingerprint density at radius 1 is 1.53 bits per heavy atom. The average molecular weight is 232 g/mol. The number of carbonyl (C=O) groups excluding carboxylic acids is 1. The number of amides is 1. The van der Waals surface area contributed by atoms with Crippen molar-refractivity contribution < 1.29 is 9.90 Å². The van der Waals surface area contributed by atoms with E-state index in [1.54, 1.807) is 6.07 Å². The van der Waals surface area contributed by atoms with Gasteiger partial charge in [-0.2, -0.15) is 0 Å². The van der Waals surface area contributed by atoms with E-state index >= 15 is 0 Å². The van der Waals surface area contributed by atoms with Crippen LogP contribution in [0.5, 0.6) is 5.75 Å². The molecule has 1 saturated heterocycles. The van der Waals surface area contributed by atoms with Gasteiger partial charge in [0.05, 0.1) is 11.6 Å². The molecule has 4 heteroatoms. The normalized spacial score (nSPS) is 22.5. The zero-order chi connectivity index (χ0) is 12.0. The standard InChI is InChI=1S/C13H16N2O2/c1-2-8-5-9-10-7-14-3-4-15(10)13(17)12(9)11(16)6-8/h5-6,10,14,16H,2-4,7H2,1H3. The molecule has 1 unspecified atom stereocenters. The minimum absolute atomic E-state index is 0.0216. The summed E-state index contributed by atoms with van der Waals surface area (Å²) in [6, 6.07) is 3.87. The van der Waals surface area contributed by atoms with Gasteiger partial charge in [0.1, 0.15) is 5.75 Å². The van der Waals surface area contributed by atoms with Crippen molar-refractivity contribution in [2.24, 2.45) is 0 Å². The number of piperazine rings is 1. The second-order valence-electron chi connectivity index (χ2n) is 4.65. The van der Waals surface area contributed by atoms with E-state index in [2.05, 4.69) is 18.3 Å². The van der Waals surface area contributed by atoms with Gasteiger partial charge in [-0.15, -0.1) is 0 Å². The van der Waals surface area contributed by atoms with Crippen molar-refractivity contribution >= 4 is 5.91 Å². The lowest BCUT2D eigenvalue weighted by molar-refractivity contribution is 0.0689. The maximum Gasteiger partial charge on any atom is 0.258 e. The average Bonchev–Trinajstić information content (AvgIpc) is 2.64. The minimum Gasteiger partial charge on any atom is -0.507 e. The molecule has 4 nitrogen and oxygen atoms in total. The fourth-order valence-electron chi connectivity index (χ4n) is 2.78. The van der Waals surface area contributed by atoms with Crippen molar-refractivity contribution in [3.05, 3.63) is 28.8 Å². The smallest absolute Gasteiger partial charge is 0.258 e. The summed E-state index contributed by atoms with van der Waals surface area (Å²) in [5, 5.41) is 13.3. The van der Waals surface area contributed by atoms with Gasteiger partial charge in [-0.1, -0.05) is 13.0 Å². The van der Waals surface area contributed by atoms with E-state index < -0.39 is 0 Å². The van der Waals surface area contributed by atoms with E-state index in [0.29, 0.717) is 5.56 Å². The molecule has 2 aliphatic rings. The number of aromatic hydroxyl groups is 1. The molecule has 0 radical (unpaired) electrons. The molecule has 2 N–H and O–H groups in total. The van der Waals surface area contributed by atoms with Crippen LogP contribution in [-0.4, -0.2) is 35.5 Å². The third kappa shape index (κ3) is 1.44. The number of phenolic OH excluding ortho intramolecular Hbond substituents is 1. The van der Waals surface area contributed by atoms with Crippen molar-refractivity contribution in [1.82, 2.24) is 10.2 Å². The van der Waals surface area contributed by atoms with Crippen LogP contribution in [0, 0.1) is 0 Å². The SMILES string of the molecule is CCc1cc(O)c2c(c1)C1CNCCN1C2=O. The summed E-state index contributed by atoms with van der Waals surface area (Å²) in [4.78, 5) is 14.1. The molecule has 1 aromatic rings. The minimum atomic E-state index is -0.0216. The second-order valence-corrected chi connectivity index (χ2v) is 4.65. The molecule has 17 heavy (non-hydrogen) atoms. The summed E-state index contributed by atoms with van der Waals surface area (Å²) in [6.45, 7) is 4.39. The van der Waals surface area contributed by atoms with Crippen LogP contribution >= 0.6 is 0 Å². The summed E-state index contributed by atoms with van der Waals surface area (Å²) in [6.07, 6.45) is 0.870. The Balaban J connectivity index is 2.14. The molecule has 0 spiro atoms. The molecule has 90 valence electrons. The number of benzene rings is 1. The number of fused-ring (bicyclic) bond motifs is 3. The number of rotatable bonds is 1. The van der Waals surface area contributed by atoms with E-state index in [1.165, 1.54) is 0 Å². The van der Waals surface area contributed by atoms with Gasteiger partial charge >= 0.3 is 0 Å². The highest BCUT2D eigenvalue weighted by atomic mass is 16.3. The van der Waals surface area contributed by atoms with Crippen molar-refractivity contribution in [3.8, 4) is 5.75 Å². The van der Waals surface area contributed by atoms with Crippen LogP contribution in [-0.2, 0) is 6.42 Å². The molecule has 1 aromatic carbocycles. The lowest BCUT2D eigenvalue weighted by atomic mass is 9.99. The molecule has 3 rings (SSSR count). The predicted octanol–water partition coefficient (Wildman–Crippen LogP) is 1.05. The number of aryl methyl sites for hydroxylation is 1. The molecule has 0 aromatic heterocycles. The molecule has 0 saturated carbocycles. The summed E-state index contributed by atoms with van der Waals surface area (Å²) in [7, 11) is 0. The molecule has 1 atom stereocenters. The van der Waals surface area contributed by atoms with Gasteiger partial charge in [0, 0.05) is 19.6 Å². The Bertz CT molecular complexity index is 485. The highest BCUT2D eigenvalue weighted by Gasteiger charge is 2.39. The summed E-state index contributed by atoms with van der Waals surface area (Å²) < 4.78 is 0. The van der Waals surface area contributed by atoms with E-state index in [-0.39, 0.29) is 17.7 Å². The summed E-state index contributed by atoms with van der Waals surface area (Å²) in [5.74, 6) is 0.116. The highest BCUT2D eigenvalue weighted by molar-refractivity contribution is 6.02. The van der Waals surface area contributed by atoms with Crippen molar-refractivity contribution in [3.63, 3.8) is 0 Å². The molecule has 0 bridgehead atoms. The quantitative estimate of drug-likeness (QED) is 0.761. The molecule has 1 amide bonds. The van der Waals surface area contributed by atoms with Gasteiger partial charge in [0.25, 0.3) is 5.91 Å². The second kappa shape index (κ2) is 3.74. The summed E-state index contributed by atoms with van der Waals surface area (Å²) >= 11 is 0. The largest absolute Gasteiger partial charge is 0.507 e. The lowest BCUT2D eigenvalue weighted by Crippen LogP contribution is -2.44. The Hall–Kier alpha value is -1.55. The molecule has 2 heterocycles. The van der Waals surface area contributed by atoms with Gasteiger partial charge < -0.3 is 15.3 Å². The molecular formula is C13H16N2O2. The molecule has 1 fully saturated rings. The van der Waals surface area contributed by atoms with Crippen molar-refractivity contribution in [1.29, 1.82) is 0 Å². The predicted molar refractivity (Wildman–Crippen MR) is 64.1 cm³/mol. The van der Waals surface area contributed by atoms with Crippen LogP contribution in [0.4, 0.5) is 0 Å². The van der Waals surface area contributed by atoms with E-state index in [4.69, 9.17) is 0 Å². The maximum atomic E-state index is 12.2. The maximum absolute atomic E-state index is 12.2. The first-order valence-electron chi connectivity index (χ1n) is 6.10. The molecule has 2 aliphatic heterocycles. The van der Waals surface area contributed by atoms with Gasteiger partial charge in [0.2, 0.25) is 0 Å². The van der Waals surface area contributed by atoms with Crippen LogP contribution < -0.4 is 5.32 Å². The fraction of sp³-hybridized carbons (Fsp3) is 0.462. The van der Waals surface area contributed by atoms with Gasteiger partial charge in [-0.25, -0.2) is 0 Å². The van der Waals surface area contributed by atoms with Crippen LogP contribution in [0.3, 0.4) is 0 Å². The first-order chi connectivity index (χ1) is 8.22. The number of phenols is 1. The third-order valence-electron chi connectivity index (χ3n) is 3.69. The Kier molecular flexibility index (Phi) is 2.33. The van der Waals surface area contributed by atoms with Gasteiger partial charge in [-0.05, 0) is 23.6 Å². The third-order valence-corrected chi connectivity index (χ3v) is 3.69. The van der Waals surface area contributed by atoms with Crippen LogP contribution in [0.25, 0.3) is 0 Å². The number of nitrogens with zero attached hydrogens (tertiary/aromatic N) is 1. The Morgan fingerprint density at radius 2 is 2.35 bits per heavy atom. The lowest BCUT2D eigenvalue weighted by Gasteiger charge is -2.30. The van der Waals surface area contributed by atoms with Gasteiger partial charge in [0.15, 0.2) is 0 Å². The number of hydrogen-bond donors (Lipinski definition) is 2. The Morgan fingerprint density at radius 3 is 3.12 bits per heavy atom. The van der Waals surface area contributed by atoms with E-state index in [9.17, 15) is 9.90 Å². The van der Waals surface area contributed by atoms with Gasteiger partial charge in [-0.3, -0.25) is 4.79 Å². The van der Waals surface area contributed by atoms with Crippen LogP contribution in [0.2, 0.25) is 0 Å². The molecular weight excluding hydrogens is 216 g/mol. The molecule has 0 aliphatic carbocycles. The number of carbonyl (C=O) groups is 1. The summed E-state index contributed by atoms with van der Waals surface area (Å²) in [5.41, 5.74) is 2.58. The van der Waals surface area contributed by atoms with E-state index in [0.717, 1.165) is 37.2 Å². The zero-order valence-corrected chi connectivity index (χ0v) is 9.86. The van der Waals surface area contributed by atoms with Crippen LogP contribution in [0.1, 0.15) is 34.5 Å². The van der Waals surface area contributed by atoms with Crippen molar-refractivity contribution in [2.45, 2.75) is 19.4 Å². The van der Waals surface area contributed by atoms with E-state index in [1.807, 2.05) is 4.90 Å². The highest BCUT2D eigenvalue weighted by Crippen LogP contribution is 2.39. The van der Waals surface area contributed by atoms with Crippen LogP contribution in [0.15, 0.2) is 12.1 Å². The zero-order valence-electron chi connectivity index (χ0n) is 9.86. The van der Waals surface area contributed by atoms with Crippen molar-refractivity contribution in [2.75, 3.05) is 19.6 Å². The Labute approximate surface area is 100 Å². The fourth-order valence-corrected chi connectivity index (χ4v) is 2.78. The number of hydrogen-bond acceptors (Lipinski definition) is 3. The first-order valence-corrected chi connectivity index (χ1v) is 6.10. The monoisotopic (exact) mass is 232 g/mol. The number of nitrogens with one attached hydrogen (secondary N) is 1. The first kappa shape index (κ1) is 10.6. The topological polar surface area (TPSA) is 52.6 Å².